The van der Waals surface area contributed by atoms with Crippen LogP contribution >= 0.6 is 0 Å². The normalized spacial score (nSPS) is 38.6. The molecule has 0 aromatic carbocycles. The van der Waals surface area contributed by atoms with E-state index in [1.807, 2.05) is 0 Å². The summed E-state index contributed by atoms with van der Waals surface area (Å²) in [7, 11) is -3.79. The van der Waals surface area contributed by atoms with Crippen LogP contribution in [0.3, 0.4) is 0 Å². The van der Waals surface area contributed by atoms with E-state index in [0.29, 0.717) is 18.5 Å². The maximum atomic E-state index is 12.9. The lowest BCUT2D eigenvalue weighted by molar-refractivity contribution is -0.230. The van der Waals surface area contributed by atoms with Crippen molar-refractivity contribution in [1.29, 1.82) is 0 Å². The highest BCUT2D eigenvalue weighted by Crippen LogP contribution is 2.57. The number of rotatable bonds is 4. The number of hydrogen-bond donors (Lipinski definition) is 1. The van der Waals surface area contributed by atoms with E-state index in [1.165, 1.54) is 11.2 Å². The Morgan fingerprint density at radius 3 is 2.47 bits per heavy atom. The van der Waals surface area contributed by atoms with Crippen molar-refractivity contribution in [3.05, 3.63) is 22.8 Å². The van der Waals surface area contributed by atoms with Crippen LogP contribution in [-0.4, -0.2) is 74.8 Å². The van der Waals surface area contributed by atoms with Gasteiger partial charge in [0.25, 0.3) is 0 Å². The van der Waals surface area contributed by atoms with E-state index >= 15 is 0 Å². The molecule has 10 heteroatoms. The molecule has 5 aliphatic heterocycles. The average Bonchev–Trinajstić information content (AvgIpc) is 2.53. The number of likely N-dealkylation sites (tertiary alicyclic amines) is 1. The quantitative estimate of drug-likeness (QED) is 0.716. The van der Waals surface area contributed by atoms with Crippen molar-refractivity contribution < 1.29 is 26.3 Å². The molecule has 1 N–H and O–H groups in total. The first kappa shape index (κ1) is 20.8. The Morgan fingerprint density at radius 1 is 1.23 bits per heavy atom. The van der Waals surface area contributed by atoms with E-state index in [1.54, 1.807) is 0 Å². The number of sulfonamides is 1. The maximum absolute atomic E-state index is 12.9. The van der Waals surface area contributed by atoms with Crippen molar-refractivity contribution in [1.82, 2.24) is 14.5 Å². The summed E-state index contributed by atoms with van der Waals surface area (Å²) in [4.78, 5) is 2.36. The standard InChI is InChI=1S/C20H28F3N3O3S/c1-14-15(3-4-16(24-14)20(21,22)23)30(27,28)26-12-19(13-26)10-25(11-19)9-18-5-6-29-17(2,7-18)8-18/h3-4,16,24H,5-13H2,1-2H3. The highest BCUT2D eigenvalue weighted by Gasteiger charge is 2.60. The number of fused-ring (bicyclic) bond motifs is 2. The molecule has 0 aromatic rings. The van der Waals surface area contributed by atoms with Crippen molar-refractivity contribution in [2.24, 2.45) is 10.8 Å². The van der Waals surface area contributed by atoms with Crippen LogP contribution in [0.15, 0.2) is 22.8 Å². The van der Waals surface area contributed by atoms with Gasteiger partial charge in [0.2, 0.25) is 10.0 Å². The summed E-state index contributed by atoms with van der Waals surface area (Å²) in [5.41, 5.74) is 0.458. The van der Waals surface area contributed by atoms with E-state index in [0.717, 1.165) is 57.7 Å². The maximum Gasteiger partial charge on any atom is 0.412 e. The van der Waals surface area contributed by atoms with Gasteiger partial charge in [-0.15, -0.1) is 0 Å². The summed E-state index contributed by atoms with van der Waals surface area (Å²) in [6, 6.07) is -1.85. The fourth-order valence-corrected chi connectivity index (χ4v) is 8.21. The van der Waals surface area contributed by atoms with Gasteiger partial charge in [-0.3, -0.25) is 0 Å². The lowest BCUT2D eigenvalue weighted by Crippen LogP contribution is -2.74. The van der Waals surface area contributed by atoms with Gasteiger partial charge in [0, 0.05) is 50.4 Å². The largest absolute Gasteiger partial charge is 0.412 e. The van der Waals surface area contributed by atoms with Crippen LogP contribution in [0.1, 0.15) is 33.1 Å². The Balaban J connectivity index is 1.16. The fourth-order valence-electron chi connectivity index (χ4n) is 6.35. The molecule has 5 heterocycles. The Labute approximate surface area is 175 Å². The third-order valence-corrected chi connectivity index (χ3v) is 9.37. The number of dihydropyridines is 1. The van der Waals surface area contributed by atoms with Crippen LogP contribution in [0, 0.1) is 10.8 Å². The van der Waals surface area contributed by atoms with Crippen LogP contribution < -0.4 is 5.32 Å². The molecule has 2 bridgehead atoms. The van der Waals surface area contributed by atoms with Crippen LogP contribution in [-0.2, 0) is 14.8 Å². The average molecular weight is 448 g/mol. The Morgan fingerprint density at radius 2 is 1.90 bits per heavy atom. The first-order chi connectivity index (χ1) is 13.8. The molecule has 1 saturated carbocycles. The zero-order valence-electron chi connectivity index (χ0n) is 17.3. The van der Waals surface area contributed by atoms with Crippen molar-refractivity contribution in [2.75, 3.05) is 39.3 Å². The molecule has 1 aliphatic carbocycles. The molecule has 6 nitrogen and oxygen atoms in total. The van der Waals surface area contributed by atoms with Crippen LogP contribution in [0.25, 0.3) is 0 Å². The molecule has 30 heavy (non-hydrogen) atoms. The van der Waals surface area contributed by atoms with Crippen molar-refractivity contribution in [2.45, 2.75) is 50.9 Å². The van der Waals surface area contributed by atoms with E-state index in [2.05, 4.69) is 17.1 Å². The molecule has 1 atom stereocenters. The second kappa shape index (κ2) is 6.24. The predicted molar refractivity (Wildman–Crippen MR) is 105 cm³/mol. The third kappa shape index (κ3) is 3.22. The smallest absolute Gasteiger partial charge is 0.375 e. The summed E-state index contributed by atoms with van der Waals surface area (Å²) >= 11 is 0. The van der Waals surface area contributed by atoms with Gasteiger partial charge in [-0.1, -0.05) is 6.08 Å². The second-order valence-electron chi connectivity index (χ2n) is 10.3. The second-order valence-corrected chi connectivity index (χ2v) is 12.2. The Kier molecular flexibility index (Phi) is 4.32. The van der Waals surface area contributed by atoms with Crippen LogP contribution in [0.5, 0.6) is 0 Å². The lowest BCUT2D eigenvalue weighted by atomic mass is 9.55. The van der Waals surface area contributed by atoms with Gasteiger partial charge < -0.3 is 15.0 Å². The molecular formula is C20H28F3N3O3S. The zero-order chi connectivity index (χ0) is 21.6. The number of hydrogen-bond acceptors (Lipinski definition) is 5. The molecular weight excluding hydrogens is 419 g/mol. The minimum atomic E-state index is -4.45. The van der Waals surface area contributed by atoms with Gasteiger partial charge in [-0.25, -0.2) is 8.42 Å². The molecule has 4 saturated heterocycles. The minimum Gasteiger partial charge on any atom is -0.375 e. The van der Waals surface area contributed by atoms with Crippen molar-refractivity contribution in [3.8, 4) is 0 Å². The number of nitrogens with zero attached hydrogens (tertiary/aromatic N) is 2. The molecule has 1 unspecified atom stereocenters. The van der Waals surface area contributed by atoms with Gasteiger partial charge in [0.15, 0.2) is 0 Å². The molecule has 0 amide bonds. The number of halogens is 3. The highest BCUT2D eigenvalue weighted by molar-refractivity contribution is 7.93. The Hall–Kier alpha value is -1.10. The van der Waals surface area contributed by atoms with Gasteiger partial charge >= 0.3 is 6.18 Å². The van der Waals surface area contributed by atoms with Gasteiger partial charge in [0.1, 0.15) is 10.9 Å². The van der Waals surface area contributed by atoms with Crippen LogP contribution in [0.4, 0.5) is 13.2 Å². The molecule has 5 fully saturated rings. The molecule has 1 spiro atoms. The summed E-state index contributed by atoms with van der Waals surface area (Å²) in [6.07, 6.45) is 0.824. The summed E-state index contributed by atoms with van der Waals surface area (Å²) in [6.45, 7) is 8.10. The molecule has 0 aromatic heterocycles. The first-order valence-corrected chi connectivity index (χ1v) is 11.9. The molecule has 6 aliphatic rings. The molecule has 6 rings (SSSR count). The number of allylic oxidation sites excluding steroid dienone is 2. The van der Waals surface area contributed by atoms with Crippen LogP contribution in [0.2, 0.25) is 0 Å². The lowest BCUT2D eigenvalue weighted by Gasteiger charge is -2.65. The topological polar surface area (TPSA) is 61.9 Å². The van der Waals surface area contributed by atoms with Gasteiger partial charge in [-0.05, 0) is 44.6 Å². The van der Waals surface area contributed by atoms with E-state index in [9.17, 15) is 21.6 Å². The SMILES string of the molecule is CC1=C(S(=O)(=O)N2CC3(CN(CC45CCOC(C)(C4)C5)C3)C2)C=CC(C(F)(F)F)N1. The number of nitrogens with one attached hydrogen (secondary N) is 1. The van der Waals surface area contributed by atoms with E-state index in [-0.39, 0.29) is 21.6 Å². The van der Waals surface area contributed by atoms with Crippen molar-refractivity contribution in [3.63, 3.8) is 0 Å². The third-order valence-electron chi connectivity index (χ3n) is 7.43. The monoisotopic (exact) mass is 447 g/mol. The van der Waals surface area contributed by atoms with Gasteiger partial charge in [-0.2, -0.15) is 17.5 Å². The van der Waals surface area contributed by atoms with E-state index < -0.39 is 22.2 Å². The van der Waals surface area contributed by atoms with Gasteiger partial charge in [0.05, 0.1) is 5.60 Å². The fraction of sp³-hybridized carbons (Fsp3) is 0.800. The highest BCUT2D eigenvalue weighted by atomic mass is 32.2. The summed E-state index contributed by atoms with van der Waals surface area (Å²) < 4.78 is 71.7. The molecule has 0 radical (unpaired) electrons. The Bertz CT molecular complexity index is 907. The minimum absolute atomic E-state index is 0.00327. The number of alkyl halides is 3. The molecule has 168 valence electrons. The predicted octanol–water partition coefficient (Wildman–Crippen LogP) is 2.21. The van der Waals surface area contributed by atoms with E-state index in [4.69, 9.17) is 4.74 Å². The summed E-state index contributed by atoms with van der Waals surface area (Å²) in [5, 5.41) is 2.27. The number of ether oxygens (including phenoxy) is 1. The zero-order valence-corrected chi connectivity index (χ0v) is 18.1. The van der Waals surface area contributed by atoms with Crippen molar-refractivity contribution >= 4 is 10.0 Å². The first-order valence-electron chi connectivity index (χ1n) is 10.4. The summed E-state index contributed by atoms with van der Waals surface area (Å²) in [5.74, 6) is 0.